The standard InChI is InChI=1S/C12H20N2O4/c1-3-8-17-10-7-5-4-6-9(10)14-12(15)18-11(13-14)16-2/h9-10H,3-8H2,1-2H3/t9-,10-/m0/s1. The summed E-state index contributed by atoms with van der Waals surface area (Å²) in [5.41, 5.74) is 0. The highest BCUT2D eigenvalue weighted by atomic mass is 16.6. The summed E-state index contributed by atoms with van der Waals surface area (Å²) in [6, 6.07) is -0.0366. The van der Waals surface area contributed by atoms with Crippen molar-refractivity contribution in [3.8, 4) is 6.08 Å². The Balaban J connectivity index is 2.16. The van der Waals surface area contributed by atoms with Gasteiger partial charge in [-0.05, 0) is 19.3 Å². The molecule has 6 nitrogen and oxygen atoms in total. The van der Waals surface area contributed by atoms with Crippen LogP contribution in [-0.4, -0.2) is 29.6 Å². The van der Waals surface area contributed by atoms with Gasteiger partial charge in [-0.3, -0.25) is 0 Å². The first kappa shape index (κ1) is 13.1. The molecule has 1 aliphatic rings. The zero-order valence-corrected chi connectivity index (χ0v) is 10.9. The molecule has 0 bridgehead atoms. The first-order valence-electron chi connectivity index (χ1n) is 6.51. The number of hydrogen-bond acceptors (Lipinski definition) is 5. The fraction of sp³-hybridized carbons (Fsp3) is 0.833. The Morgan fingerprint density at radius 1 is 1.44 bits per heavy atom. The van der Waals surface area contributed by atoms with Gasteiger partial charge in [0.25, 0.3) is 0 Å². The van der Waals surface area contributed by atoms with Crippen molar-refractivity contribution in [3.05, 3.63) is 10.6 Å². The molecule has 1 aliphatic carbocycles. The van der Waals surface area contributed by atoms with E-state index >= 15 is 0 Å². The summed E-state index contributed by atoms with van der Waals surface area (Å²) in [4.78, 5) is 11.7. The summed E-state index contributed by atoms with van der Waals surface area (Å²) in [6.07, 6.45) is 5.11. The van der Waals surface area contributed by atoms with Gasteiger partial charge in [0.15, 0.2) is 0 Å². The summed E-state index contributed by atoms with van der Waals surface area (Å²) in [5, 5.41) is 4.05. The third-order valence-corrected chi connectivity index (χ3v) is 3.24. The first-order chi connectivity index (χ1) is 8.76. The molecule has 1 fully saturated rings. The van der Waals surface area contributed by atoms with Gasteiger partial charge in [-0.25, -0.2) is 4.79 Å². The minimum absolute atomic E-state index is 0.0137. The number of nitrogens with zero attached hydrogens (tertiary/aromatic N) is 2. The maximum absolute atomic E-state index is 11.7. The van der Waals surface area contributed by atoms with E-state index in [4.69, 9.17) is 13.9 Å². The molecule has 6 heteroatoms. The maximum Gasteiger partial charge on any atom is 0.439 e. The molecule has 1 heterocycles. The van der Waals surface area contributed by atoms with Gasteiger partial charge in [0, 0.05) is 6.61 Å². The number of hydrogen-bond donors (Lipinski definition) is 0. The third-order valence-electron chi connectivity index (χ3n) is 3.24. The molecule has 1 aromatic heterocycles. The quantitative estimate of drug-likeness (QED) is 0.803. The Morgan fingerprint density at radius 3 is 2.89 bits per heavy atom. The lowest BCUT2D eigenvalue weighted by Gasteiger charge is -2.30. The minimum atomic E-state index is -0.469. The van der Waals surface area contributed by atoms with Crippen LogP contribution in [0.1, 0.15) is 45.1 Å². The molecule has 0 radical (unpaired) electrons. The van der Waals surface area contributed by atoms with Crippen LogP contribution in [0.25, 0.3) is 0 Å². The lowest BCUT2D eigenvalue weighted by atomic mass is 9.92. The molecule has 0 N–H and O–H groups in total. The van der Waals surface area contributed by atoms with Crippen LogP contribution in [0.2, 0.25) is 0 Å². The number of rotatable bonds is 5. The average Bonchev–Trinajstić information content (AvgIpc) is 2.78. The maximum atomic E-state index is 11.7. The highest BCUT2D eigenvalue weighted by Crippen LogP contribution is 2.30. The van der Waals surface area contributed by atoms with Gasteiger partial charge in [-0.2, -0.15) is 4.68 Å². The van der Waals surface area contributed by atoms with Crippen LogP contribution in [0.4, 0.5) is 0 Å². The number of methoxy groups -OCH3 is 1. The van der Waals surface area contributed by atoms with Crippen LogP contribution in [0.3, 0.4) is 0 Å². The van der Waals surface area contributed by atoms with Crippen molar-refractivity contribution in [1.29, 1.82) is 0 Å². The minimum Gasteiger partial charge on any atom is -0.452 e. The molecule has 102 valence electrons. The number of ether oxygens (including phenoxy) is 2. The van der Waals surface area contributed by atoms with Gasteiger partial charge in [-0.15, -0.1) is 0 Å². The molecule has 0 aromatic carbocycles. The van der Waals surface area contributed by atoms with Crippen molar-refractivity contribution in [3.63, 3.8) is 0 Å². The lowest BCUT2D eigenvalue weighted by molar-refractivity contribution is -0.0109. The lowest BCUT2D eigenvalue weighted by Crippen LogP contribution is -2.35. The summed E-state index contributed by atoms with van der Waals surface area (Å²) >= 11 is 0. The Bertz CT molecular complexity index is 426. The number of aromatic nitrogens is 2. The highest BCUT2D eigenvalue weighted by molar-refractivity contribution is 4.86. The van der Waals surface area contributed by atoms with E-state index in [1.807, 2.05) is 0 Å². The monoisotopic (exact) mass is 256 g/mol. The zero-order chi connectivity index (χ0) is 13.0. The molecule has 0 spiro atoms. The van der Waals surface area contributed by atoms with E-state index in [1.54, 1.807) is 0 Å². The predicted octanol–water partition coefficient (Wildman–Crippen LogP) is 1.76. The van der Waals surface area contributed by atoms with Crippen LogP contribution in [0.15, 0.2) is 9.21 Å². The second-order valence-corrected chi connectivity index (χ2v) is 4.54. The van der Waals surface area contributed by atoms with Crippen molar-refractivity contribution in [2.75, 3.05) is 13.7 Å². The van der Waals surface area contributed by atoms with Gasteiger partial charge in [0.2, 0.25) is 0 Å². The van der Waals surface area contributed by atoms with E-state index in [2.05, 4.69) is 12.0 Å². The normalized spacial score (nSPS) is 24.1. The Kier molecular flexibility index (Phi) is 4.41. The zero-order valence-electron chi connectivity index (χ0n) is 10.9. The van der Waals surface area contributed by atoms with Crippen LogP contribution in [0.5, 0.6) is 6.08 Å². The average molecular weight is 256 g/mol. The molecule has 2 rings (SSSR count). The van der Waals surface area contributed by atoms with Crippen molar-refractivity contribution in [2.24, 2.45) is 0 Å². The fourth-order valence-electron chi connectivity index (χ4n) is 2.38. The third kappa shape index (κ3) is 2.75. The van der Waals surface area contributed by atoms with Crippen LogP contribution in [-0.2, 0) is 4.74 Å². The molecule has 0 aliphatic heterocycles. The van der Waals surface area contributed by atoms with E-state index in [9.17, 15) is 4.79 Å². The van der Waals surface area contributed by atoms with Crippen LogP contribution in [0, 0.1) is 0 Å². The fourth-order valence-corrected chi connectivity index (χ4v) is 2.38. The largest absolute Gasteiger partial charge is 0.452 e. The molecule has 0 amide bonds. The Morgan fingerprint density at radius 2 is 2.22 bits per heavy atom. The van der Waals surface area contributed by atoms with Gasteiger partial charge < -0.3 is 13.9 Å². The topological polar surface area (TPSA) is 66.5 Å². The van der Waals surface area contributed by atoms with E-state index < -0.39 is 5.76 Å². The highest BCUT2D eigenvalue weighted by Gasteiger charge is 2.30. The van der Waals surface area contributed by atoms with E-state index in [0.29, 0.717) is 6.61 Å². The van der Waals surface area contributed by atoms with E-state index in [1.165, 1.54) is 11.8 Å². The van der Waals surface area contributed by atoms with Crippen molar-refractivity contribution < 1.29 is 13.9 Å². The summed E-state index contributed by atoms with van der Waals surface area (Å²) in [5.74, 6) is -0.469. The van der Waals surface area contributed by atoms with Gasteiger partial charge in [-0.1, -0.05) is 24.9 Å². The van der Waals surface area contributed by atoms with Crippen molar-refractivity contribution >= 4 is 0 Å². The molecule has 18 heavy (non-hydrogen) atoms. The second-order valence-electron chi connectivity index (χ2n) is 4.54. The summed E-state index contributed by atoms with van der Waals surface area (Å²) in [7, 11) is 1.43. The second kappa shape index (κ2) is 6.04. The smallest absolute Gasteiger partial charge is 0.439 e. The Labute approximate surface area is 106 Å². The molecule has 1 aromatic rings. The molecular weight excluding hydrogens is 236 g/mol. The van der Waals surface area contributed by atoms with Gasteiger partial charge in [0.1, 0.15) is 0 Å². The van der Waals surface area contributed by atoms with Crippen molar-refractivity contribution in [2.45, 2.75) is 51.2 Å². The molecule has 0 unspecified atom stereocenters. The van der Waals surface area contributed by atoms with Crippen LogP contribution < -0.4 is 10.5 Å². The molecule has 0 saturated heterocycles. The van der Waals surface area contributed by atoms with Gasteiger partial charge >= 0.3 is 11.8 Å². The van der Waals surface area contributed by atoms with Crippen LogP contribution >= 0.6 is 0 Å². The van der Waals surface area contributed by atoms with Crippen molar-refractivity contribution in [1.82, 2.24) is 9.78 Å². The van der Waals surface area contributed by atoms with E-state index in [0.717, 1.165) is 32.1 Å². The molecule has 2 atom stereocenters. The molecule has 1 saturated carbocycles. The molecular formula is C12H20N2O4. The predicted molar refractivity (Wildman–Crippen MR) is 64.9 cm³/mol. The van der Waals surface area contributed by atoms with Gasteiger partial charge in [0.05, 0.1) is 19.3 Å². The SMILES string of the molecule is CCCO[C@H]1CCCC[C@@H]1n1nc(OC)oc1=O. The van der Waals surface area contributed by atoms with E-state index in [-0.39, 0.29) is 18.2 Å². The first-order valence-corrected chi connectivity index (χ1v) is 6.51. The summed E-state index contributed by atoms with van der Waals surface area (Å²) < 4.78 is 16.9. The Hall–Kier alpha value is -1.30. The summed E-state index contributed by atoms with van der Waals surface area (Å²) in [6.45, 7) is 2.79.